The highest BCUT2D eigenvalue weighted by molar-refractivity contribution is 8.18. The number of benzene rings is 1. The van der Waals surface area contributed by atoms with Gasteiger partial charge in [0.1, 0.15) is 0 Å². The maximum atomic E-state index is 12.1. The fourth-order valence-corrected chi connectivity index (χ4v) is 4.28. The van der Waals surface area contributed by atoms with Gasteiger partial charge in [0.05, 0.1) is 7.11 Å². The van der Waals surface area contributed by atoms with Crippen molar-refractivity contribution in [2.75, 3.05) is 7.11 Å². The van der Waals surface area contributed by atoms with Gasteiger partial charge in [0, 0.05) is 15.3 Å². The number of Topliss-reactive ketones (excluding diaryl/α,β-unsaturated/α-hetero) is 1. The van der Waals surface area contributed by atoms with Gasteiger partial charge in [-0.1, -0.05) is 17.7 Å². The number of hydrogen-bond acceptors (Lipinski definition) is 3. The van der Waals surface area contributed by atoms with Crippen LogP contribution in [-0.2, 0) is 9.53 Å². The van der Waals surface area contributed by atoms with Gasteiger partial charge in [-0.05, 0) is 24.6 Å². The van der Waals surface area contributed by atoms with E-state index in [9.17, 15) is 9.59 Å². The molecule has 1 aromatic carbocycles. The zero-order chi connectivity index (χ0) is 12.6. The van der Waals surface area contributed by atoms with Gasteiger partial charge in [-0.15, -0.1) is 10.5 Å². The summed E-state index contributed by atoms with van der Waals surface area (Å²) in [5.74, 6) is -0.726. The predicted octanol–water partition coefficient (Wildman–Crippen LogP) is 2.36. The van der Waals surface area contributed by atoms with Crippen molar-refractivity contribution in [3.05, 3.63) is 29.3 Å². The summed E-state index contributed by atoms with van der Waals surface area (Å²) < 4.78 is 4.67. The van der Waals surface area contributed by atoms with Crippen molar-refractivity contribution < 1.29 is 14.3 Å². The van der Waals surface area contributed by atoms with Gasteiger partial charge < -0.3 is 4.74 Å². The lowest BCUT2D eigenvalue weighted by atomic mass is 10.1. The third-order valence-corrected chi connectivity index (χ3v) is 5.19. The first-order chi connectivity index (χ1) is 8.10. The van der Waals surface area contributed by atoms with Gasteiger partial charge >= 0.3 is 5.97 Å². The standard InChI is InChI=1S/C12H11ClO3S/c1-7-3-4-8-9(5-7)17(6-13)11(10(8)14)12(15)16-2/h3-6,11H,1-2H3. The summed E-state index contributed by atoms with van der Waals surface area (Å²) >= 11 is 5.78. The van der Waals surface area contributed by atoms with Crippen molar-refractivity contribution in [3.63, 3.8) is 0 Å². The zero-order valence-electron chi connectivity index (χ0n) is 9.40. The van der Waals surface area contributed by atoms with Crippen LogP contribution in [0, 0.1) is 6.92 Å². The lowest BCUT2D eigenvalue weighted by Gasteiger charge is -2.08. The molecule has 2 atom stereocenters. The van der Waals surface area contributed by atoms with E-state index in [1.54, 1.807) is 6.07 Å². The summed E-state index contributed by atoms with van der Waals surface area (Å²) in [7, 11) is 0.576. The highest BCUT2D eigenvalue weighted by Gasteiger charge is 2.40. The average Bonchev–Trinajstić information content (AvgIpc) is 2.60. The molecule has 0 bridgehead atoms. The van der Waals surface area contributed by atoms with Crippen molar-refractivity contribution in [1.82, 2.24) is 0 Å². The molecule has 0 N–H and O–H groups in total. The van der Waals surface area contributed by atoms with Crippen LogP contribution in [0.1, 0.15) is 15.9 Å². The molecule has 0 radical (unpaired) electrons. The summed E-state index contributed by atoms with van der Waals surface area (Å²) in [6.45, 7) is 1.94. The number of ketones is 1. The van der Waals surface area contributed by atoms with Crippen molar-refractivity contribution >= 4 is 38.7 Å². The number of methoxy groups -OCH3 is 1. The summed E-state index contributed by atoms with van der Waals surface area (Å²) in [5.41, 5.74) is 1.62. The van der Waals surface area contributed by atoms with E-state index in [1.807, 2.05) is 19.1 Å². The normalized spacial score (nSPS) is 22.6. The summed E-state index contributed by atoms with van der Waals surface area (Å²) in [4.78, 5) is 26.0. The number of rotatable bonds is 1. The first-order valence-electron chi connectivity index (χ1n) is 4.98. The summed E-state index contributed by atoms with van der Waals surface area (Å²) in [6, 6.07) is 5.50. The van der Waals surface area contributed by atoms with Crippen molar-refractivity contribution in [2.45, 2.75) is 17.1 Å². The van der Waals surface area contributed by atoms with Gasteiger partial charge in [0.25, 0.3) is 0 Å². The fraction of sp³-hybridized carbons (Fsp3) is 0.250. The Bertz CT molecular complexity index is 537. The van der Waals surface area contributed by atoms with Crippen molar-refractivity contribution in [3.8, 4) is 0 Å². The van der Waals surface area contributed by atoms with Crippen LogP contribution in [0.3, 0.4) is 0 Å². The van der Waals surface area contributed by atoms with Crippen LogP contribution in [0.25, 0.3) is 0 Å². The van der Waals surface area contributed by atoms with E-state index in [-0.39, 0.29) is 5.78 Å². The van der Waals surface area contributed by atoms with Gasteiger partial charge in [-0.25, -0.2) is 0 Å². The number of halogens is 1. The van der Waals surface area contributed by atoms with Gasteiger partial charge in [0.15, 0.2) is 11.0 Å². The Kier molecular flexibility index (Phi) is 3.35. The smallest absolute Gasteiger partial charge is 0.326 e. The largest absolute Gasteiger partial charge is 0.468 e. The Morgan fingerprint density at radius 3 is 2.82 bits per heavy atom. The van der Waals surface area contributed by atoms with E-state index < -0.39 is 21.7 Å². The van der Waals surface area contributed by atoms with Crippen molar-refractivity contribution in [2.24, 2.45) is 0 Å². The van der Waals surface area contributed by atoms with Gasteiger partial charge in [0.2, 0.25) is 0 Å². The second-order valence-corrected chi connectivity index (χ2v) is 6.10. The third kappa shape index (κ3) is 1.91. The Morgan fingerprint density at radius 2 is 2.24 bits per heavy atom. The fourth-order valence-electron chi connectivity index (χ4n) is 1.83. The van der Waals surface area contributed by atoms with Crippen LogP contribution < -0.4 is 0 Å². The first-order valence-corrected chi connectivity index (χ1v) is 6.77. The Morgan fingerprint density at radius 1 is 1.53 bits per heavy atom. The summed E-state index contributed by atoms with van der Waals surface area (Å²) in [6.07, 6.45) is 0. The van der Waals surface area contributed by atoms with Crippen LogP contribution in [0.5, 0.6) is 0 Å². The molecule has 3 nitrogen and oxygen atoms in total. The maximum absolute atomic E-state index is 12.1. The molecular weight excluding hydrogens is 260 g/mol. The number of carbonyl (C=O) groups excluding carboxylic acids is 2. The number of hydrogen-bond donors (Lipinski definition) is 0. The monoisotopic (exact) mass is 270 g/mol. The van der Waals surface area contributed by atoms with E-state index in [0.717, 1.165) is 10.5 Å². The average molecular weight is 271 g/mol. The lowest BCUT2D eigenvalue weighted by Crippen LogP contribution is -2.25. The highest BCUT2D eigenvalue weighted by Crippen LogP contribution is 2.44. The second-order valence-electron chi connectivity index (χ2n) is 3.73. The number of fused-ring (bicyclic) bond motifs is 1. The molecule has 1 heterocycles. The SMILES string of the molecule is COC(=O)C1C(=O)c2ccc(C)cc2S1=CCl. The highest BCUT2D eigenvalue weighted by atomic mass is 35.5. The van der Waals surface area contributed by atoms with Crippen LogP contribution in [0.2, 0.25) is 0 Å². The molecule has 0 spiro atoms. The predicted molar refractivity (Wildman–Crippen MR) is 69.1 cm³/mol. The van der Waals surface area contributed by atoms with Crippen LogP contribution in [0.4, 0.5) is 0 Å². The van der Waals surface area contributed by atoms with Crippen LogP contribution in [0.15, 0.2) is 23.1 Å². The maximum Gasteiger partial charge on any atom is 0.326 e. The lowest BCUT2D eigenvalue weighted by molar-refractivity contribution is -0.138. The number of esters is 1. The quantitative estimate of drug-likeness (QED) is 0.341. The second kappa shape index (κ2) is 4.63. The minimum Gasteiger partial charge on any atom is -0.468 e. The molecule has 5 heteroatoms. The topological polar surface area (TPSA) is 43.4 Å². The Hall–Kier alpha value is -1.13. The molecule has 1 aliphatic rings. The molecule has 0 fully saturated rings. The van der Waals surface area contributed by atoms with E-state index in [4.69, 9.17) is 11.6 Å². The molecule has 0 saturated carbocycles. The van der Waals surface area contributed by atoms with E-state index in [1.165, 1.54) is 11.9 Å². The van der Waals surface area contributed by atoms with E-state index in [0.29, 0.717) is 5.56 Å². The molecule has 0 saturated heterocycles. The number of ether oxygens (including phenoxy) is 1. The van der Waals surface area contributed by atoms with Gasteiger partial charge in [-0.3, -0.25) is 9.59 Å². The van der Waals surface area contributed by atoms with Crippen LogP contribution >= 0.6 is 22.1 Å². The molecule has 0 aromatic heterocycles. The molecule has 1 aromatic rings. The Labute approximate surface area is 107 Å². The zero-order valence-corrected chi connectivity index (χ0v) is 11.0. The molecular formula is C12H11ClO3S. The number of carbonyl (C=O) groups is 2. The number of aryl methyl sites for hydroxylation is 1. The molecule has 1 aliphatic heterocycles. The molecule has 2 unspecified atom stereocenters. The third-order valence-electron chi connectivity index (χ3n) is 2.66. The van der Waals surface area contributed by atoms with Crippen molar-refractivity contribution in [1.29, 1.82) is 0 Å². The molecule has 17 heavy (non-hydrogen) atoms. The van der Waals surface area contributed by atoms with E-state index in [2.05, 4.69) is 4.74 Å². The van der Waals surface area contributed by atoms with Gasteiger partial charge in [-0.2, -0.15) is 0 Å². The molecule has 0 amide bonds. The molecule has 0 aliphatic carbocycles. The Balaban J connectivity index is 2.59. The minimum absolute atomic E-state index is 0.202. The summed E-state index contributed by atoms with van der Waals surface area (Å²) in [5, 5.41) is -0.811. The molecule has 2 rings (SSSR count). The van der Waals surface area contributed by atoms with E-state index >= 15 is 0 Å². The molecule has 90 valence electrons. The first kappa shape index (κ1) is 12.3. The minimum atomic E-state index is -0.811. The van der Waals surface area contributed by atoms with Crippen LogP contribution in [-0.4, -0.2) is 28.9 Å².